The van der Waals surface area contributed by atoms with E-state index in [1.807, 2.05) is 35.2 Å². The van der Waals surface area contributed by atoms with Gasteiger partial charge in [0, 0.05) is 30.6 Å². The molecule has 1 saturated heterocycles. The van der Waals surface area contributed by atoms with Crippen LogP contribution in [0.2, 0.25) is 0 Å². The first kappa shape index (κ1) is 19.2. The van der Waals surface area contributed by atoms with Crippen molar-refractivity contribution in [3.05, 3.63) is 78.4 Å². The normalized spacial score (nSPS) is 22.1. The van der Waals surface area contributed by atoms with Crippen LogP contribution in [0.3, 0.4) is 0 Å². The topological polar surface area (TPSA) is 49.9 Å². The molecule has 2 heterocycles. The van der Waals surface area contributed by atoms with Crippen molar-refractivity contribution in [1.82, 2.24) is 4.90 Å². The molecule has 0 unspecified atom stereocenters. The van der Waals surface area contributed by atoms with Crippen LogP contribution in [0.25, 0.3) is 0 Å². The van der Waals surface area contributed by atoms with Crippen molar-refractivity contribution in [2.75, 3.05) is 18.1 Å². The summed E-state index contributed by atoms with van der Waals surface area (Å²) < 4.78 is 5.40. The summed E-state index contributed by atoms with van der Waals surface area (Å²) in [4.78, 5) is 28.3. The number of hydrogen-bond donors (Lipinski definition) is 0. The van der Waals surface area contributed by atoms with E-state index in [0.717, 1.165) is 18.4 Å². The first-order valence-electron chi connectivity index (χ1n) is 10.1. The summed E-state index contributed by atoms with van der Waals surface area (Å²) in [5, 5.41) is 0. The Bertz CT molecular complexity index is 898. The van der Waals surface area contributed by atoms with Gasteiger partial charge in [0.2, 0.25) is 0 Å². The summed E-state index contributed by atoms with van der Waals surface area (Å²) in [6, 6.07) is 18.6. The highest BCUT2D eigenvalue weighted by molar-refractivity contribution is 5.74. The van der Waals surface area contributed by atoms with E-state index in [4.69, 9.17) is 4.74 Å². The van der Waals surface area contributed by atoms with Gasteiger partial charge >= 0.3 is 6.09 Å². The zero-order valence-electron chi connectivity index (χ0n) is 16.5. The maximum atomic E-state index is 12.9. The molecule has 2 atom stereocenters. The molecule has 0 aliphatic carbocycles. The second-order valence-electron chi connectivity index (χ2n) is 7.67. The van der Waals surface area contributed by atoms with Gasteiger partial charge in [-0.25, -0.2) is 4.79 Å². The molecule has 2 aliphatic heterocycles. The van der Waals surface area contributed by atoms with Crippen LogP contribution in [0, 0.1) is 0 Å². The molecular formula is C24H26N2O3. The van der Waals surface area contributed by atoms with Gasteiger partial charge in [-0.05, 0) is 30.0 Å². The minimum atomic E-state index is -0.325. The predicted molar refractivity (Wildman–Crippen MR) is 113 cm³/mol. The molecule has 0 bridgehead atoms. The Morgan fingerprint density at radius 2 is 1.93 bits per heavy atom. The zero-order chi connectivity index (χ0) is 20.3. The average Bonchev–Trinajstić information content (AvgIpc) is 3.26. The third kappa shape index (κ3) is 3.31. The summed E-state index contributed by atoms with van der Waals surface area (Å²) >= 11 is 0. The molecule has 5 heteroatoms. The van der Waals surface area contributed by atoms with Crippen LogP contribution < -0.4 is 4.90 Å². The van der Waals surface area contributed by atoms with Gasteiger partial charge in [0.25, 0.3) is 0 Å². The number of anilines is 1. The fraction of sp³-hybridized carbons (Fsp3) is 0.333. The second-order valence-corrected chi connectivity index (χ2v) is 7.67. The third-order valence-corrected chi connectivity index (χ3v) is 6.10. The van der Waals surface area contributed by atoms with Crippen LogP contribution in [0.15, 0.2) is 67.3 Å². The lowest BCUT2D eigenvalue weighted by Crippen LogP contribution is -2.51. The largest absolute Gasteiger partial charge is 0.445 e. The number of benzene rings is 2. The summed E-state index contributed by atoms with van der Waals surface area (Å²) in [6.45, 7) is 5.13. The molecule has 1 fully saturated rings. The van der Waals surface area contributed by atoms with E-state index >= 15 is 0 Å². The fourth-order valence-electron chi connectivity index (χ4n) is 4.95. The van der Waals surface area contributed by atoms with Gasteiger partial charge in [-0.2, -0.15) is 0 Å². The summed E-state index contributed by atoms with van der Waals surface area (Å²) in [6.07, 6.45) is 4.07. The number of aldehydes is 1. The van der Waals surface area contributed by atoms with E-state index in [1.54, 1.807) is 6.08 Å². The molecule has 2 aliphatic rings. The molecule has 0 N–H and O–H groups in total. The van der Waals surface area contributed by atoms with Crippen LogP contribution in [-0.4, -0.2) is 36.6 Å². The van der Waals surface area contributed by atoms with Gasteiger partial charge in [-0.3, -0.25) is 4.90 Å². The van der Waals surface area contributed by atoms with E-state index in [0.29, 0.717) is 25.9 Å². The van der Waals surface area contributed by atoms with Gasteiger partial charge in [0.15, 0.2) is 0 Å². The van der Waals surface area contributed by atoms with Gasteiger partial charge in [0.05, 0.1) is 0 Å². The molecule has 2 aromatic carbocycles. The molecule has 0 spiro atoms. The highest BCUT2D eigenvalue weighted by atomic mass is 16.6. The van der Waals surface area contributed by atoms with Crippen LogP contribution in [0.4, 0.5) is 10.5 Å². The molecule has 150 valence electrons. The standard InChI is InChI=1S/C24H26N2O3/c1-2-17-29-23(28)25-15-14-24(13-8-16-27)20-11-6-7-12-21(20)26(22(24)25)18-19-9-4-3-5-10-19/h2-7,9-12,16,22H,1,8,13-15,17-18H2/t22-,24+/m1/s1. The number of nitrogens with zero attached hydrogens (tertiary/aromatic N) is 2. The Morgan fingerprint density at radius 1 is 1.17 bits per heavy atom. The van der Waals surface area contributed by atoms with E-state index in [-0.39, 0.29) is 24.3 Å². The molecule has 1 amide bonds. The SMILES string of the molecule is C=CCOC(=O)N1CC[C@@]2(CCC=O)c3ccccc3N(Cc3ccccc3)[C@@H]12. The number of ether oxygens (including phenoxy) is 1. The Balaban J connectivity index is 1.77. The van der Waals surface area contributed by atoms with Gasteiger partial charge in [-0.15, -0.1) is 0 Å². The number of para-hydroxylation sites is 1. The molecule has 5 nitrogen and oxygen atoms in total. The van der Waals surface area contributed by atoms with Crippen molar-refractivity contribution < 1.29 is 14.3 Å². The lowest BCUT2D eigenvalue weighted by atomic mass is 9.75. The quantitative estimate of drug-likeness (QED) is 0.523. The first-order chi connectivity index (χ1) is 14.2. The average molecular weight is 390 g/mol. The lowest BCUT2D eigenvalue weighted by Gasteiger charge is -2.37. The fourth-order valence-corrected chi connectivity index (χ4v) is 4.95. The highest BCUT2D eigenvalue weighted by Gasteiger charge is 2.58. The highest BCUT2D eigenvalue weighted by Crippen LogP contribution is 2.55. The molecule has 0 radical (unpaired) electrons. The number of carbonyl (C=O) groups is 2. The summed E-state index contributed by atoms with van der Waals surface area (Å²) in [7, 11) is 0. The maximum Gasteiger partial charge on any atom is 0.411 e. The van der Waals surface area contributed by atoms with E-state index in [9.17, 15) is 9.59 Å². The molecule has 4 rings (SSSR count). The van der Waals surface area contributed by atoms with E-state index in [2.05, 4.69) is 35.7 Å². The van der Waals surface area contributed by atoms with Crippen LogP contribution in [0.5, 0.6) is 0 Å². The number of rotatable bonds is 7. The zero-order valence-corrected chi connectivity index (χ0v) is 16.5. The number of hydrogen-bond acceptors (Lipinski definition) is 4. The van der Waals surface area contributed by atoms with Crippen LogP contribution in [-0.2, 0) is 21.5 Å². The Labute approximate surface area is 171 Å². The summed E-state index contributed by atoms with van der Waals surface area (Å²) in [5.41, 5.74) is 3.27. The van der Waals surface area contributed by atoms with Crippen molar-refractivity contribution >= 4 is 18.1 Å². The van der Waals surface area contributed by atoms with E-state index in [1.165, 1.54) is 11.1 Å². The Kier molecular flexibility index (Phi) is 5.38. The van der Waals surface area contributed by atoms with Crippen molar-refractivity contribution in [3.63, 3.8) is 0 Å². The number of fused-ring (bicyclic) bond motifs is 3. The van der Waals surface area contributed by atoms with Gasteiger partial charge in [-0.1, -0.05) is 61.2 Å². The van der Waals surface area contributed by atoms with E-state index < -0.39 is 0 Å². The van der Waals surface area contributed by atoms with Crippen LogP contribution >= 0.6 is 0 Å². The predicted octanol–water partition coefficient (Wildman–Crippen LogP) is 4.28. The van der Waals surface area contributed by atoms with Gasteiger partial charge < -0.3 is 14.4 Å². The molecule has 0 saturated carbocycles. The molecule has 29 heavy (non-hydrogen) atoms. The summed E-state index contributed by atoms with van der Waals surface area (Å²) in [5.74, 6) is 0. The lowest BCUT2D eigenvalue weighted by molar-refractivity contribution is -0.108. The van der Waals surface area contributed by atoms with Crippen molar-refractivity contribution in [2.24, 2.45) is 0 Å². The smallest absolute Gasteiger partial charge is 0.411 e. The first-order valence-corrected chi connectivity index (χ1v) is 10.1. The third-order valence-electron chi connectivity index (χ3n) is 6.10. The number of amides is 1. The van der Waals surface area contributed by atoms with Gasteiger partial charge in [0.1, 0.15) is 19.1 Å². The number of likely N-dealkylation sites (tertiary alicyclic amines) is 1. The molecule has 0 aromatic heterocycles. The van der Waals surface area contributed by atoms with Crippen molar-refractivity contribution in [3.8, 4) is 0 Å². The minimum Gasteiger partial charge on any atom is -0.445 e. The maximum absolute atomic E-state index is 12.9. The van der Waals surface area contributed by atoms with Crippen molar-refractivity contribution in [1.29, 1.82) is 0 Å². The molecular weight excluding hydrogens is 364 g/mol. The minimum absolute atomic E-state index is 0.169. The number of carbonyl (C=O) groups excluding carboxylic acids is 2. The van der Waals surface area contributed by atoms with Crippen molar-refractivity contribution in [2.45, 2.75) is 37.4 Å². The second kappa shape index (κ2) is 8.11. The molecule has 2 aromatic rings. The Morgan fingerprint density at radius 3 is 2.69 bits per heavy atom. The Hall–Kier alpha value is -3.08. The van der Waals surface area contributed by atoms with Crippen LogP contribution in [0.1, 0.15) is 30.4 Å². The monoisotopic (exact) mass is 390 g/mol.